The monoisotopic (exact) mass is 631 g/mol. The van der Waals surface area contributed by atoms with E-state index in [0.717, 1.165) is 72.4 Å². The van der Waals surface area contributed by atoms with Gasteiger partial charge in [-0.15, -0.1) is 11.3 Å². The number of methoxy groups -OCH3 is 1. The van der Waals surface area contributed by atoms with Gasteiger partial charge in [-0.1, -0.05) is 48.0 Å². The summed E-state index contributed by atoms with van der Waals surface area (Å²) in [6.45, 7) is 1.04. The van der Waals surface area contributed by atoms with Gasteiger partial charge in [0.2, 0.25) is 0 Å². The summed E-state index contributed by atoms with van der Waals surface area (Å²) in [4.78, 5) is 20.4. The summed E-state index contributed by atoms with van der Waals surface area (Å²) in [6.07, 6.45) is 6.80. The average Bonchev–Trinajstić information content (AvgIpc) is 3.43. The van der Waals surface area contributed by atoms with Gasteiger partial charge in [0.15, 0.2) is 0 Å². The molecule has 0 radical (unpaired) electrons. The van der Waals surface area contributed by atoms with Crippen LogP contribution in [0.2, 0.25) is 5.02 Å². The predicted octanol–water partition coefficient (Wildman–Crippen LogP) is 8.65. The van der Waals surface area contributed by atoms with Crippen LogP contribution < -0.4 is 10.1 Å². The van der Waals surface area contributed by atoms with Crippen LogP contribution in [0.1, 0.15) is 46.5 Å². The molecule has 5 aromatic rings. The minimum atomic E-state index is -0.648. The number of hydrogen-bond acceptors (Lipinski definition) is 5. The number of aromatic nitrogens is 1. The Labute approximate surface area is 264 Å². The normalized spacial score (nSPS) is 16.6. The molecule has 2 aromatic heterocycles. The number of nitrogens with zero attached hydrogens (tertiary/aromatic N) is 2. The zero-order valence-corrected chi connectivity index (χ0v) is 25.8. The molecule has 226 valence electrons. The Bertz CT molecular complexity index is 1760. The van der Waals surface area contributed by atoms with Gasteiger partial charge in [0.05, 0.1) is 22.2 Å². The summed E-state index contributed by atoms with van der Waals surface area (Å²) in [5, 5.41) is 3.56. The fourth-order valence-electron chi connectivity index (χ4n) is 5.99. The number of nitrogens with one attached hydrogen (secondary N) is 1. The van der Waals surface area contributed by atoms with Crippen molar-refractivity contribution in [2.24, 2.45) is 0 Å². The molecule has 1 aliphatic carbocycles. The molecule has 1 amide bonds. The third kappa shape index (κ3) is 6.34. The van der Waals surface area contributed by atoms with Gasteiger partial charge in [-0.2, -0.15) is 0 Å². The molecular weight excluding hydrogens is 600 g/mol. The highest BCUT2D eigenvalue weighted by Gasteiger charge is 2.33. The van der Waals surface area contributed by atoms with Crippen LogP contribution in [-0.4, -0.2) is 35.0 Å². The molecule has 0 aliphatic heterocycles. The third-order valence-electron chi connectivity index (χ3n) is 8.35. The lowest BCUT2D eigenvalue weighted by Gasteiger charge is -2.37. The predicted molar refractivity (Wildman–Crippen MR) is 172 cm³/mol. The van der Waals surface area contributed by atoms with Gasteiger partial charge in [-0.3, -0.25) is 9.78 Å². The van der Waals surface area contributed by atoms with Crippen LogP contribution in [0, 0.1) is 11.6 Å². The Kier molecular flexibility index (Phi) is 9.21. The first kappa shape index (κ1) is 30.2. The summed E-state index contributed by atoms with van der Waals surface area (Å²) in [6, 6.07) is 22.4. The summed E-state index contributed by atoms with van der Waals surface area (Å²) < 4.78 is 35.2. The van der Waals surface area contributed by atoms with Crippen molar-refractivity contribution in [3.05, 3.63) is 118 Å². The van der Waals surface area contributed by atoms with E-state index in [1.807, 2.05) is 53.4 Å². The average molecular weight is 632 g/mol. The molecule has 0 atom stereocenters. The minimum absolute atomic E-state index is 0.0457. The number of hydrogen-bond donors (Lipinski definition) is 1. The number of carbonyl (C=O) groups excluding carboxylic acids is 1. The quantitative estimate of drug-likeness (QED) is 0.177. The van der Waals surface area contributed by atoms with Gasteiger partial charge in [0.1, 0.15) is 22.3 Å². The fraction of sp³-hybridized carbons (Fsp3) is 0.257. The van der Waals surface area contributed by atoms with E-state index in [0.29, 0.717) is 11.8 Å². The van der Waals surface area contributed by atoms with E-state index in [9.17, 15) is 13.6 Å². The van der Waals surface area contributed by atoms with E-state index in [4.69, 9.17) is 16.3 Å². The highest BCUT2D eigenvalue weighted by Crippen LogP contribution is 2.40. The summed E-state index contributed by atoms with van der Waals surface area (Å²) in [5.41, 5.74) is 4.01. The van der Waals surface area contributed by atoms with E-state index in [1.165, 1.54) is 5.56 Å². The Morgan fingerprint density at radius 1 is 0.977 bits per heavy atom. The second kappa shape index (κ2) is 13.4. The van der Waals surface area contributed by atoms with E-state index < -0.39 is 11.6 Å². The minimum Gasteiger partial charge on any atom is -0.496 e. The van der Waals surface area contributed by atoms with Crippen molar-refractivity contribution < 1.29 is 18.3 Å². The van der Waals surface area contributed by atoms with Gasteiger partial charge in [0.25, 0.3) is 5.91 Å². The van der Waals surface area contributed by atoms with Gasteiger partial charge in [0, 0.05) is 43.1 Å². The molecule has 0 saturated heterocycles. The van der Waals surface area contributed by atoms with Gasteiger partial charge in [-0.05, 0) is 78.8 Å². The maximum absolute atomic E-state index is 14.8. The number of halogens is 3. The Balaban J connectivity index is 1.31. The van der Waals surface area contributed by atoms with Crippen molar-refractivity contribution in [3.63, 3.8) is 0 Å². The fourth-order valence-corrected chi connectivity index (χ4v) is 7.50. The molecule has 1 fully saturated rings. The van der Waals surface area contributed by atoms with Gasteiger partial charge < -0.3 is 15.0 Å². The Hall–Kier alpha value is -3.85. The number of thiophene rings is 1. The number of fused-ring (bicyclic) bond motifs is 1. The van der Waals surface area contributed by atoms with Crippen molar-refractivity contribution in [2.45, 2.75) is 50.9 Å². The van der Waals surface area contributed by atoms with Crippen LogP contribution in [0.25, 0.3) is 21.2 Å². The van der Waals surface area contributed by atoms with E-state index in [1.54, 1.807) is 19.5 Å². The number of carbonyl (C=O) groups is 1. The summed E-state index contributed by atoms with van der Waals surface area (Å²) in [5.74, 6) is -0.939. The first-order chi connectivity index (χ1) is 21.4. The molecule has 44 heavy (non-hydrogen) atoms. The molecule has 3 aromatic carbocycles. The molecule has 6 rings (SSSR count). The van der Waals surface area contributed by atoms with Crippen molar-refractivity contribution in [3.8, 4) is 16.9 Å². The second-order valence-corrected chi connectivity index (χ2v) is 12.4. The number of ether oxygens (including phenoxy) is 1. The standard InChI is InChI=1S/C35H32ClF2N3O2S/c1-43-30-14-7-24(23-15-17-39-18-16-23)19-25(30)21-41(27-10-8-26(9-11-27)40-20-22-5-3-2-4-6-22)35(42)34-32(36)31-28(37)12-13-29(38)33(31)44-34/h2-7,12-19,26-27,40H,8-11,20-21H2,1H3. The summed E-state index contributed by atoms with van der Waals surface area (Å²) >= 11 is 7.52. The molecule has 0 bridgehead atoms. The smallest absolute Gasteiger partial charge is 0.266 e. The van der Waals surface area contributed by atoms with Crippen LogP contribution in [-0.2, 0) is 13.1 Å². The molecule has 1 N–H and O–H groups in total. The third-order valence-corrected chi connectivity index (χ3v) is 10.0. The van der Waals surface area contributed by atoms with Crippen LogP contribution in [0.4, 0.5) is 8.78 Å². The topological polar surface area (TPSA) is 54.5 Å². The zero-order valence-electron chi connectivity index (χ0n) is 24.2. The second-order valence-electron chi connectivity index (χ2n) is 11.0. The zero-order chi connectivity index (χ0) is 30.6. The lowest BCUT2D eigenvalue weighted by Crippen LogP contribution is -2.44. The van der Waals surface area contributed by atoms with Crippen molar-refractivity contribution in [1.29, 1.82) is 0 Å². The van der Waals surface area contributed by atoms with Crippen molar-refractivity contribution >= 4 is 38.9 Å². The van der Waals surface area contributed by atoms with Crippen molar-refractivity contribution in [2.75, 3.05) is 7.11 Å². The first-order valence-corrected chi connectivity index (χ1v) is 15.8. The summed E-state index contributed by atoms with van der Waals surface area (Å²) in [7, 11) is 1.61. The molecule has 9 heteroatoms. The highest BCUT2D eigenvalue weighted by molar-refractivity contribution is 7.21. The maximum Gasteiger partial charge on any atom is 0.266 e. The van der Waals surface area contributed by atoms with E-state index in [-0.39, 0.29) is 38.5 Å². The van der Waals surface area contributed by atoms with Crippen LogP contribution in [0.5, 0.6) is 5.75 Å². The van der Waals surface area contributed by atoms with Crippen LogP contribution in [0.15, 0.2) is 85.2 Å². The Morgan fingerprint density at radius 2 is 1.70 bits per heavy atom. The number of rotatable bonds is 9. The first-order valence-electron chi connectivity index (χ1n) is 14.6. The molecule has 1 aliphatic rings. The van der Waals surface area contributed by atoms with Gasteiger partial charge in [-0.25, -0.2) is 8.78 Å². The number of benzene rings is 3. The van der Waals surface area contributed by atoms with E-state index >= 15 is 0 Å². The molecular formula is C35H32ClF2N3O2S. The largest absolute Gasteiger partial charge is 0.496 e. The van der Waals surface area contributed by atoms with Crippen LogP contribution >= 0.6 is 22.9 Å². The highest BCUT2D eigenvalue weighted by atomic mass is 35.5. The lowest BCUT2D eigenvalue weighted by atomic mass is 9.89. The number of pyridine rings is 1. The molecule has 1 saturated carbocycles. The maximum atomic E-state index is 14.8. The Morgan fingerprint density at radius 3 is 2.41 bits per heavy atom. The van der Waals surface area contributed by atoms with Crippen molar-refractivity contribution in [1.82, 2.24) is 15.2 Å². The molecule has 0 spiro atoms. The lowest BCUT2D eigenvalue weighted by molar-refractivity contribution is 0.0603. The molecule has 2 heterocycles. The SMILES string of the molecule is COc1ccc(-c2ccncc2)cc1CN(C(=O)c1sc2c(F)ccc(F)c2c1Cl)C1CCC(NCc2ccccc2)CC1. The van der Waals surface area contributed by atoms with Crippen LogP contribution in [0.3, 0.4) is 0 Å². The number of amides is 1. The molecule has 5 nitrogen and oxygen atoms in total. The molecule has 0 unspecified atom stereocenters. The van der Waals surface area contributed by atoms with E-state index in [2.05, 4.69) is 22.4 Å². The van der Waals surface area contributed by atoms with Gasteiger partial charge >= 0.3 is 0 Å².